The third kappa shape index (κ3) is 4.72. The number of carbonyl (C=O) groups is 1. The molecule has 0 saturated carbocycles. The molecule has 2 amide bonds. The molecule has 1 aromatic carbocycles. The molecule has 0 aliphatic carbocycles. The standard InChI is InChI=1S/C17H20FN5O3S/c1-2-27(25,26)21-14-5-3-9-22(12-14)17(24)20-13-6-7-16(15(18)11-13)23-10-4-8-19-23/h2,4,6-8,10-11,14,21H,1,3,5,9,12H2,(H,20,24)/t14-/m1/s1. The first-order valence-electron chi connectivity index (χ1n) is 8.38. The summed E-state index contributed by atoms with van der Waals surface area (Å²) in [5.41, 5.74) is 0.581. The van der Waals surface area contributed by atoms with E-state index in [0.717, 1.165) is 5.41 Å². The smallest absolute Gasteiger partial charge is 0.321 e. The van der Waals surface area contributed by atoms with Gasteiger partial charge >= 0.3 is 6.03 Å². The summed E-state index contributed by atoms with van der Waals surface area (Å²) >= 11 is 0. The molecule has 2 N–H and O–H groups in total. The summed E-state index contributed by atoms with van der Waals surface area (Å²) in [5.74, 6) is -0.522. The number of aromatic nitrogens is 2. The maximum absolute atomic E-state index is 14.3. The molecule has 8 nitrogen and oxygen atoms in total. The highest BCUT2D eigenvalue weighted by Crippen LogP contribution is 2.19. The molecule has 3 rings (SSSR count). The van der Waals surface area contributed by atoms with Crippen molar-refractivity contribution in [2.24, 2.45) is 0 Å². The van der Waals surface area contributed by atoms with Crippen LogP contribution >= 0.6 is 0 Å². The first kappa shape index (κ1) is 19.1. The number of anilines is 1. The third-order valence-electron chi connectivity index (χ3n) is 4.21. The molecule has 0 bridgehead atoms. The number of hydrogen-bond donors (Lipinski definition) is 2. The summed E-state index contributed by atoms with van der Waals surface area (Å²) < 4.78 is 41.4. The number of likely N-dealkylation sites (tertiary alicyclic amines) is 1. The molecule has 2 heterocycles. The van der Waals surface area contributed by atoms with Crippen LogP contribution in [0.1, 0.15) is 12.8 Å². The molecule has 0 unspecified atom stereocenters. The van der Waals surface area contributed by atoms with Crippen LogP contribution < -0.4 is 10.0 Å². The van der Waals surface area contributed by atoms with E-state index in [0.29, 0.717) is 25.1 Å². The van der Waals surface area contributed by atoms with Crippen LogP contribution in [0.25, 0.3) is 5.69 Å². The average molecular weight is 393 g/mol. The van der Waals surface area contributed by atoms with Crippen molar-refractivity contribution in [2.75, 3.05) is 18.4 Å². The minimum absolute atomic E-state index is 0.229. The predicted molar refractivity (Wildman–Crippen MR) is 99.4 cm³/mol. The van der Waals surface area contributed by atoms with Crippen molar-refractivity contribution in [2.45, 2.75) is 18.9 Å². The molecule has 1 aliphatic rings. The summed E-state index contributed by atoms with van der Waals surface area (Å²) in [6, 6.07) is 5.21. The minimum Gasteiger partial charge on any atom is -0.323 e. The molecule has 1 aromatic heterocycles. The van der Waals surface area contributed by atoms with Gasteiger partial charge in [-0.25, -0.2) is 27.0 Å². The zero-order chi connectivity index (χ0) is 19.4. The summed E-state index contributed by atoms with van der Waals surface area (Å²) in [5, 5.41) is 7.46. The van der Waals surface area contributed by atoms with Gasteiger partial charge in [0.2, 0.25) is 10.0 Å². The van der Waals surface area contributed by atoms with Crippen molar-refractivity contribution in [3.05, 3.63) is 54.5 Å². The lowest BCUT2D eigenvalue weighted by Gasteiger charge is -2.32. The number of urea groups is 1. The molecule has 2 aromatic rings. The van der Waals surface area contributed by atoms with Gasteiger partial charge in [0.1, 0.15) is 5.69 Å². The number of nitrogens with zero attached hydrogens (tertiary/aromatic N) is 3. The maximum Gasteiger partial charge on any atom is 0.321 e. The van der Waals surface area contributed by atoms with E-state index in [1.807, 2.05) is 0 Å². The fourth-order valence-corrected chi connectivity index (χ4v) is 3.68. The Morgan fingerprint density at radius 1 is 1.41 bits per heavy atom. The van der Waals surface area contributed by atoms with E-state index in [4.69, 9.17) is 0 Å². The van der Waals surface area contributed by atoms with Gasteiger partial charge in [-0.1, -0.05) is 6.58 Å². The van der Waals surface area contributed by atoms with Gasteiger partial charge in [0.15, 0.2) is 5.82 Å². The fraction of sp³-hybridized carbons (Fsp3) is 0.294. The van der Waals surface area contributed by atoms with E-state index < -0.39 is 21.9 Å². The van der Waals surface area contributed by atoms with Gasteiger partial charge in [-0.3, -0.25) is 0 Å². The topological polar surface area (TPSA) is 96.3 Å². The largest absolute Gasteiger partial charge is 0.323 e. The Morgan fingerprint density at radius 2 is 2.22 bits per heavy atom. The van der Waals surface area contributed by atoms with Gasteiger partial charge in [0.05, 0.1) is 0 Å². The van der Waals surface area contributed by atoms with E-state index >= 15 is 0 Å². The Bertz CT molecular complexity index is 930. The molecular formula is C17H20FN5O3S. The molecule has 1 aliphatic heterocycles. The highest BCUT2D eigenvalue weighted by atomic mass is 32.2. The molecule has 1 fully saturated rings. The van der Waals surface area contributed by atoms with Gasteiger partial charge in [-0.05, 0) is 37.1 Å². The van der Waals surface area contributed by atoms with E-state index in [9.17, 15) is 17.6 Å². The van der Waals surface area contributed by atoms with Gasteiger partial charge in [-0.2, -0.15) is 5.10 Å². The van der Waals surface area contributed by atoms with Gasteiger partial charge in [0.25, 0.3) is 0 Å². The predicted octanol–water partition coefficient (Wildman–Crippen LogP) is 2.07. The maximum atomic E-state index is 14.3. The molecule has 144 valence electrons. The molecule has 0 spiro atoms. The lowest BCUT2D eigenvalue weighted by atomic mass is 10.1. The van der Waals surface area contributed by atoms with Gasteiger partial charge in [0, 0.05) is 42.6 Å². The second-order valence-corrected chi connectivity index (χ2v) is 7.82. The second kappa shape index (κ2) is 7.89. The number of benzene rings is 1. The molecular weight excluding hydrogens is 373 g/mol. The minimum atomic E-state index is -3.56. The Balaban J connectivity index is 1.64. The number of piperidine rings is 1. The van der Waals surface area contributed by atoms with Crippen molar-refractivity contribution in [1.82, 2.24) is 19.4 Å². The summed E-state index contributed by atoms with van der Waals surface area (Å²) in [6.45, 7) is 3.98. The Labute approximate surface area is 156 Å². The van der Waals surface area contributed by atoms with Crippen molar-refractivity contribution < 1.29 is 17.6 Å². The van der Waals surface area contributed by atoms with Crippen molar-refractivity contribution in [3.63, 3.8) is 0 Å². The highest BCUT2D eigenvalue weighted by Gasteiger charge is 2.26. The van der Waals surface area contributed by atoms with Gasteiger partial charge in [-0.15, -0.1) is 0 Å². The number of rotatable bonds is 5. The number of sulfonamides is 1. The highest BCUT2D eigenvalue weighted by molar-refractivity contribution is 7.92. The second-order valence-electron chi connectivity index (χ2n) is 6.16. The van der Waals surface area contributed by atoms with Gasteiger partial charge < -0.3 is 10.2 Å². The van der Waals surface area contributed by atoms with Crippen LogP contribution in [0.15, 0.2) is 48.6 Å². The first-order chi connectivity index (χ1) is 12.9. The van der Waals surface area contributed by atoms with Crippen LogP contribution in [0.4, 0.5) is 14.9 Å². The number of nitrogens with one attached hydrogen (secondary N) is 2. The summed E-state index contributed by atoms with van der Waals surface area (Å²) in [6.07, 6.45) is 4.45. The lowest BCUT2D eigenvalue weighted by molar-refractivity contribution is 0.190. The number of halogens is 1. The molecule has 0 radical (unpaired) electrons. The average Bonchev–Trinajstić information content (AvgIpc) is 3.16. The van der Waals surface area contributed by atoms with Crippen molar-refractivity contribution >= 4 is 21.7 Å². The normalized spacial score (nSPS) is 17.5. The third-order valence-corrected chi connectivity index (χ3v) is 5.31. The molecule has 1 saturated heterocycles. The van der Waals surface area contributed by atoms with Crippen LogP contribution in [-0.2, 0) is 10.0 Å². The van der Waals surface area contributed by atoms with Crippen LogP contribution in [0.3, 0.4) is 0 Å². The van der Waals surface area contributed by atoms with Crippen LogP contribution in [0.2, 0.25) is 0 Å². The van der Waals surface area contributed by atoms with Crippen molar-refractivity contribution in [3.8, 4) is 5.69 Å². The Kier molecular flexibility index (Phi) is 5.57. The molecule has 27 heavy (non-hydrogen) atoms. The quantitative estimate of drug-likeness (QED) is 0.813. The lowest BCUT2D eigenvalue weighted by Crippen LogP contribution is -2.50. The van der Waals surface area contributed by atoms with E-state index in [1.165, 1.54) is 21.7 Å². The Morgan fingerprint density at radius 3 is 2.89 bits per heavy atom. The molecule has 10 heteroatoms. The van der Waals surface area contributed by atoms with E-state index in [-0.39, 0.29) is 18.3 Å². The zero-order valence-corrected chi connectivity index (χ0v) is 15.3. The number of carbonyl (C=O) groups excluding carboxylic acids is 1. The SMILES string of the molecule is C=CS(=O)(=O)N[C@@H]1CCCN(C(=O)Nc2ccc(-n3cccn3)c(F)c2)C1. The Hall–Kier alpha value is -2.72. The van der Waals surface area contributed by atoms with Crippen LogP contribution in [0, 0.1) is 5.82 Å². The van der Waals surface area contributed by atoms with E-state index in [2.05, 4.69) is 21.7 Å². The monoisotopic (exact) mass is 393 g/mol. The fourth-order valence-electron chi connectivity index (χ4n) is 2.92. The van der Waals surface area contributed by atoms with Crippen LogP contribution in [-0.4, -0.2) is 48.3 Å². The summed E-state index contributed by atoms with van der Waals surface area (Å²) in [7, 11) is -3.56. The first-order valence-corrected chi connectivity index (χ1v) is 9.93. The number of amides is 2. The summed E-state index contributed by atoms with van der Waals surface area (Å²) in [4.78, 5) is 13.9. The number of hydrogen-bond acceptors (Lipinski definition) is 4. The zero-order valence-electron chi connectivity index (χ0n) is 14.5. The van der Waals surface area contributed by atoms with Crippen LogP contribution in [0.5, 0.6) is 0 Å². The van der Waals surface area contributed by atoms with E-state index in [1.54, 1.807) is 24.5 Å². The molecule has 1 atom stereocenters. The van der Waals surface area contributed by atoms with Crippen molar-refractivity contribution in [1.29, 1.82) is 0 Å².